The number of hydrogen-bond acceptors (Lipinski definition) is 5. The lowest BCUT2D eigenvalue weighted by atomic mass is 9.85. The fourth-order valence-electron chi connectivity index (χ4n) is 4.72. The Morgan fingerprint density at radius 1 is 1.16 bits per heavy atom. The molecule has 0 spiro atoms. The Bertz CT molecular complexity index is 672. The topological polar surface area (TPSA) is 76.0 Å². The van der Waals surface area contributed by atoms with E-state index in [0.29, 0.717) is 12.8 Å². The van der Waals surface area contributed by atoms with Crippen LogP contribution in [0.4, 0.5) is 0 Å². The molecule has 0 aliphatic heterocycles. The number of aryl methyl sites for hydroxylation is 1. The van der Waals surface area contributed by atoms with E-state index in [4.69, 9.17) is 9.47 Å². The number of carbonyl (C=O) groups excluding carboxylic acids is 1. The predicted molar refractivity (Wildman–Crippen MR) is 127 cm³/mol. The standard InChI is InChI=1S/C27H42O5/c1-20(2)32-27(30)14-10-5-4-9-13-23-24(26(31-3)19-25(23)29)18-17-22(28)16-15-21-11-7-6-8-12-21/h4,6-9,11-12,20,22-26,28-29H,5,10,13-19H2,1-3H3. The van der Waals surface area contributed by atoms with Crippen molar-refractivity contribution in [3.05, 3.63) is 48.0 Å². The van der Waals surface area contributed by atoms with Gasteiger partial charge in [0.1, 0.15) is 0 Å². The first-order valence-electron chi connectivity index (χ1n) is 12.2. The van der Waals surface area contributed by atoms with E-state index in [9.17, 15) is 15.0 Å². The van der Waals surface area contributed by atoms with Crippen LogP contribution in [0, 0.1) is 11.8 Å². The van der Waals surface area contributed by atoms with Crippen LogP contribution in [0.25, 0.3) is 0 Å². The van der Waals surface area contributed by atoms with Gasteiger partial charge in [0, 0.05) is 20.0 Å². The number of methoxy groups -OCH3 is 1. The molecule has 2 rings (SSSR count). The smallest absolute Gasteiger partial charge is 0.306 e. The first-order chi connectivity index (χ1) is 15.4. The van der Waals surface area contributed by atoms with Gasteiger partial charge >= 0.3 is 5.97 Å². The molecule has 1 aromatic rings. The molecule has 0 heterocycles. The second-order valence-electron chi connectivity index (χ2n) is 9.30. The number of carbonyl (C=O) groups is 1. The van der Waals surface area contributed by atoms with E-state index in [1.165, 1.54) is 5.56 Å². The highest BCUT2D eigenvalue weighted by molar-refractivity contribution is 5.69. The lowest BCUT2D eigenvalue weighted by Crippen LogP contribution is -2.24. The molecule has 180 valence electrons. The van der Waals surface area contributed by atoms with E-state index >= 15 is 0 Å². The highest BCUT2D eigenvalue weighted by Crippen LogP contribution is 2.40. The maximum atomic E-state index is 11.6. The van der Waals surface area contributed by atoms with Gasteiger partial charge in [-0.05, 0) is 76.2 Å². The molecule has 5 unspecified atom stereocenters. The van der Waals surface area contributed by atoms with Crippen molar-refractivity contribution < 1.29 is 24.5 Å². The third-order valence-electron chi connectivity index (χ3n) is 6.43. The number of rotatable bonds is 14. The summed E-state index contributed by atoms with van der Waals surface area (Å²) < 4.78 is 10.8. The number of ether oxygens (including phenoxy) is 2. The van der Waals surface area contributed by atoms with Crippen molar-refractivity contribution in [2.24, 2.45) is 11.8 Å². The Hall–Kier alpha value is -1.69. The largest absolute Gasteiger partial charge is 0.463 e. The summed E-state index contributed by atoms with van der Waals surface area (Å²) in [7, 11) is 1.71. The van der Waals surface area contributed by atoms with Crippen LogP contribution in [0.2, 0.25) is 0 Å². The Balaban J connectivity index is 1.75. The molecule has 5 nitrogen and oxygen atoms in total. The van der Waals surface area contributed by atoms with E-state index in [1.807, 2.05) is 32.0 Å². The van der Waals surface area contributed by atoms with Crippen LogP contribution in [0.5, 0.6) is 0 Å². The third-order valence-corrected chi connectivity index (χ3v) is 6.43. The maximum absolute atomic E-state index is 11.6. The quantitative estimate of drug-likeness (QED) is 0.243. The van der Waals surface area contributed by atoms with Crippen LogP contribution in [0.15, 0.2) is 42.5 Å². The minimum absolute atomic E-state index is 0.0375. The molecule has 0 aromatic heterocycles. The molecule has 5 atom stereocenters. The summed E-state index contributed by atoms with van der Waals surface area (Å²) in [6.45, 7) is 3.72. The molecule has 2 N–H and O–H groups in total. The number of aliphatic hydroxyl groups is 2. The summed E-state index contributed by atoms with van der Waals surface area (Å²) in [6.07, 6.45) is 10.2. The van der Waals surface area contributed by atoms with Gasteiger partial charge in [0.2, 0.25) is 0 Å². The van der Waals surface area contributed by atoms with Crippen LogP contribution in [0.1, 0.15) is 70.8 Å². The molecule has 0 amide bonds. The second kappa shape index (κ2) is 14.5. The molecular formula is C27H42O5. The number of allylic oxidation sites excluding steroid dienone is 2. The van der Waals surface area contributed by atoms with E-state index in [0.717, 1.165) is 44.9 Å². The van der Waals surface area contributed by atoms with E-state index in [-0.39, 0.29) is 42.2 Å². The van der Waals surface area contributed by atoms with E-state index in [1.54, 1.807) is 7.11 Å². The van der Waals surface area contributed by atoms with Crippen LogP contribution < -0.4 is 0 Å². The molecule has 1 saturated carbocycles. The molecule has 32 heavy (non-hydrogen) atoms. The summed E-state index contributed by atoms with van der Waals surface area (Å²) in [5.74, 6) is 0.240. The van der Waals surface area contributed by atoms with Gasteiger partial charge in [-0.3, -0.25) is 4.79 Å². The molecule has 1 aliphatic rings. The lowest BCUT2D eigenvalue weighted by Gasteiger charge is -2.25. The van der Waals surface area contributed by atoms with Crippen molar-refractivity contribution in [3.63, 3.8) is 0 Å². The SMILES string of the molecule is COC1CC(O)C(CC=CCCCC(=O)OC(C)C)C1CCC(O)CCc1ccccc1. The normalized spacial score (nSPS) is 24.3. The van der Waals surface area contributed by atoms with Crippen molar-refractivity contribution in [1.29, 1.82) is 0 Å². The highest BCUT2D eigenvalue weighted by atomic mass is 16.5. The zero-order valence-corrected chi connectivity index (χ0v) is 20.0. The van der Waals surface area contributed by atoms with Crippen LogP contribution >= 0.6 is 0 Å². The van der Waals surface area contributed by atoms with Gasteiger partial charge in [0.25, 0.3) is 0 Å². The Kier molecular flexibility index (Phi) is 12.0. The molecule has 1 fully saturated rings. The average molecular weight is 447 g/mol. The number of aliphatic hydroxyl groups excluding tert-OH is 2. The van der Waals surface area contributed by atoms with Crippen molar-refractivity contribution in [1.82, 2.24) is 0 Å². The van der Waals surface area contributed by atoms with Gasteiger partial charge in [-0.25, -0.2) is 0 Å². The zero-order valence-electron chi connectivity index (χ0n) is 20.0. The van der Waals surface area contributed by atoms with Crippen molar-refractivity contribution >= 4 is 5.97 Å². The Labute approximate surface area is 193 Å². The molecule has 0 bridgehead atoms. The fraction of sp³-hybridized carbons (Fsp3) is 0.667. The Morgan fingerprint density at radius 2 is 1.91 bits per heavy atom. The average Bonchev–Trinajstić information content (AvgIpc) is 3.07. The molecule has 5 heteroatoms. The minimum atomic E-state index is -0.378. The van der Waals surface area contributed by atoms with Gasteiger partial charge in [0.05, 0.1) is 24.4 Å². The maximum Gasteiger partial charge on any atom is 0.306 e. The Morgan fingerprint density at radius 3 is 2.59 bits per heavy atom. The summed E-state index contributed by atoms with van der Waals surface area (Å²) in [4.78, 5) is 11.6. The highest BCUT2D eigenvalue weighted by Gasteiger charge is 2.41. The van der Waals surface area contributed by atoms with Crippen LogP contribution in [-0.4, -0.2) is 47.7 Å². The van der Waals surface area contributed by atoms with E-state index in [2.05, 4.69) is 24.3 Å². The van der Waals surface area contributed by atoms with Crippen molar-refractivity contribution in [2.75, 3.05) is 7.11 Å². The first kappa shape index (κ1) is 26.6. The molecular weight excluding hydrogens is 404 g/mol. The molecule has 0 saturated heterocycles. The van der Waals surface area contributed by atoms with Gasteiger partial charge in [0.15, 0.2) is 0 Å². The number of unbranched alkanes of at least 4 members (excludes halogenated alkanes) is 1. The summed E-state index contributed by atoms with van der Waals surface area (Å²) >= 11 is 0. The van der Waals surface area contributed by atoms with Crippen LogP contribution in [-0.2, 0) is 20.7 Å². The molecule has 0 radical (unpaired) electrons. The summed E-state index contributed by atoms with van der Waals surface area (Å²) in [6, 6.07) is 10.2. The monoisotopic (exact) mass is 446 g/mol. The minimum Gasteiger partial charge on any atom is -0.463 e. The van der Waals surface area contributed by atoms with E-state index < -0.39 is 0 Å². The first-order valence-corrected chi connectivity index (χ1v) is 12.2. The van der Waals surface area contributed by atoms with Gasteiger partial charge < -0.3 is 19.7 Å². The number of benzene rings is 1. The lowest BCUT2D eigenvalue weighted by molar-refractivity contribution is -0.147. The summed E-state index contributed by atoms with van der Waals surface area (Å²) in [5, 5.41) is 21.1. The van der Waals surface area contributed by atoms with Crippen molar-refractivity contribution in [3.8, 4) is 0 Å². The van der Waals surface area contributed by atoms with Gasteiger partial charge in [-0.15, -0.1) is 0 Å². The molecule has 1 aliphatic carbocycles. The number of hydrogen-bond donors (Lipinski definition) is 2. The van der Waals surface area contributed by atoms with Crippen LogP contribution in [0.3, 0.4) is 0 Å². The van der Waals surface area contributed by atoms with Crippen molar-refractivity contribution in [2.45, 2.75) is 96.1 Å². The second-order valence-corrected chi connectivity index (χ2v) is 9.30. The number of esters is 1. The summed E-state index contributed by atoms with van der Waals surface area (Å²) in [5.41, 5.74) is 1.25. The molecule has 1 aromatic carbocycles. The third kappa shape index (κ3) is 9.43. The fourth-order valence-corrected chi connectivity index (χ4v) is 4.72. The zero-order chi connectivity index (χ0) is 23.3. The predicted octanol–water partition coefficient (Wildman–Crippen LogP) is 4.84. The van der Waals surface area contributed by atoms with Gasteiger partial charge in [-0.1, -0.05) is 42.5 Å². The van der Waals surface area contributed by atoms with Gasteiger partial charge in [-0.2, -0.15) is 0 Å².